The lowest BCUT2D eigenvalue weighted by Gasteiger charge is -2.14. The fraction of sp³-hybridized carbons (Fsp3) is 0.300. The van der Waals surface area contributed by atoms with Crippen LogP contribution < -0.4 is 5.73 Å². The molecule has 0 saturated carbocycles. The molecule has 0 aromatic heterocycles. The van der Waals surface area contributed by atoms with Crippen molar-refractivity contribution in [1.29, 1.82) is 0 Å². The van der Waals surface area contributed by atoms with Gasteiger partial charge in [0.1, 0.15) is 0 Å². The van der Waals surface area contributed by atoms with Gasteiger partial charge in [0.2, 0.25) is 5.91 Å². The zero-order chi connectivity index (χ0) is 11.4. The van der Waals surface area contributed by atoms with Crippen LogP contribution in [0.1, 0.15) is 5.56 Å². The number of amides is 1. The van der Waals surface area contributed by atoms with Gasteiger partial charge in [0.25, 0.3) is 0 Å². The zero-order valence-corrected chi connectivity index (χ0v) is 9.85. The molecule has 1 aromatic rings. The van der Waals surface area contributed by atoms with Gasteiger partial charge in [-0.2, -0.15) is 0 Å². The van der Waals surface area contributed by atoms with Crippen LogP contribution in [0.15, 0.2) is 18.2 Å². The molecule has 0 aliphatic carbocycles. The highest BCUT2D eigenvalue weighted by molar-refractivity contribution is 6.42. The zero-order valence-electron chi connectivity index (χ0n) is 8.34. The second-order valence-electron chi connectivity index (χ2n) is 3.39. The van der Waals surface area contributed by atoms with E-state index < -0.39 is 0 Å². The maximum Gasteiger partial charge on any atom is 0.231 e. The normalized spacial score (nSPS) is 10.7. The van der Waals surface area contributed by atoms with Gasteiger partial charge in [-0.3, -0.25) is 9.69 Å². The lowest BCUT2D eigenvalue weighted by Crippen LogP contribution is -2.30. The van der Waals surface area contributed by atoms with Crippen LogP contribution in [0.2, 0.25) is 10.0 Å². The van der Waals surface area contributed by atoms with Crippen LogP contribution in [-0.4, -0.2) is 24.4 Å². The Bertz CT molecular complexity index is 368. The number of rotatable bonds is 4. The number of likely N-dealkylation sites (N-methyl/N-ethyl adjacent to an activating group) is 1. The molecule has 0 atom stereocenters. The quantitative estimate of drug-likeness (QED) is 0.883. The average molecular weight is 247 g/mol. The van der Waals surface area contributed by atoms with E-state index in [9.17, 15) is 4.79 Å². The third-order valence-electron chi connectivity index (χ3n) is 1.86. The molecule has 0 saturated heterocycles. The van der Waals surface area contributed by atoms with Crippen molar-refractivity contribution in [2.45, 2.75) is 6.54 Å². The number of nitrogens with two attached hydrogens (primary N) is 1. The average Bonchev–Trinajstić information content (AvgIpc) is 2.10. The summed E-state index contributed by atoms with van der Waals surface area (Å²) in [7, 11) is 1.81. The van der Waals surface area contributed by atoms with Crippen molar-refractivity contribution in [2.24, 2.45) is 5.73 Å². The van der Waals surface area contributed by atoms with Crippen molar-refractivity contribution >= 4 is 29.1 Å². The number of carbonyl (C=O) groups excluding carboxylic acids is 1. The van der Waals surface area contributed by atoms with Gasteiger partial charge in [-0.15, -0.1) is 0 Å². The summed E-state index contributed by atoms with van der Waals surface area (Å²) < 4.78 is 0. The first-order chi connectivity index (χ1) is 6.99. The standard InChI is InChI=1S/C10H12Cl2N2O/c1-14(6-10(13)15)5-7-2-3-8(11)9(12)4-7/h2-4H,5-6H2,1H3,(H2,13,15). The third-order valence-corrected chi connectivity index (χ3v) is 2.60. The Hall–Kier alpha value is -0.770. The van der Waals surface area contributed by atoms with Crippen molar-refractivity contribution in [3.63, 3.8) is 0 Å². The van der Waals surface area contributed by atoms with Crippen LogP contribution in [0.5, 0.6) is 0 Å². The highest BCUT2D eigenvalue weighted by Gasteiger charge is 2.05. The molecular formula is C10H12Cl2N2O. The molecule has 1 aromatic carbocycles. The van der Waals surface area contributed by atoms with E-state index in [0.717, 1.165) is 5.56 Å². The monoisotopic (exact) mass is 246 g/mol. The minimum absolute atomic E-state index is 0.222. The van der Waals surface area contributed by atoms with Crippen LogP contribution in [0.4, 0.5) is 0 Å². The minimum atomic E-state index is -0.349. The first-order valence-electron chi connectivity index (χ1n) is 4.40. The van der Waals surface area contributed by atoms with Crippen LogP contribution >= 0.6 is 23.2 Å². The summed E-state index contributed by atoms with van der Waals surface area (Å²) >= 11 is 11.6. The molecular weight excluding hydrogens is 235 g/mol. The Morgan fingerprint density at radius 1 is 1.40 bits per heavy atom. The maximum atomic E-state index is 10.7. The predicted octanol–water partition coefficient (Wildman–Crippen LogP) is 1.91. The molecule has 15 heavy (non-hydrogen) atoms. The van der Waals surface area contributed by atoms with Gasteiger partial charge in [-0.25, -0.2) is 0 Å². The topological polar surface area (TPSA) is 46.3 Å². The summed E-state index contributed by atoms with van der Waals surface area (Å²) in [5.41, 5.74) is 6.07. The highest BCUT2D eigenvalue weighted by atomic mass is 35.5. The van der Waals surface area contributed by atoms with Crippen molar-refractivity contribution in [3.05, 3.63) is 33.8 Å². The van der Waals surface area contributed by atoms with Crippen LogP contribution in [0, 0.1) is 0 Å². The molecule has 1 amide bonds. The highest BCUT2D eigenvalue weighted by Crippen LogP contribution is 2.22. The molecule has 0 aliphatic heterocycles. The molecule has 82 valence electrons. The van der Waals surface area contributed by atoms with E-state index in [2.05, 4.69) is 0 Å². The molecule has 0 fully saturated rings. The molecule has 0 heterocycles. The molecule has 3 nitrogen and oxygen atoms in total. The number of primary amides is 1. The van der Waals surface area contributed by atoms with Crippen molar-refractivity contribution in [1.82, 2.24) is 4.90 Å². The van der Waals surface area contributed by atoms with Gasteiger partial charge >= 0.3 is 0 Å². The molecule has 0 radical (unpaired) electrons. The number of carbonyl (C=O) groups is 1. The van der Waals surface area contributed by atoms with Gasteiger partial charge in [0, 0.05) is 6.54 Å². The van der Waals surface area contributed by atoms with Crippen LogP contribution in [0.3, 0.4) is 0 Å². The molecule has 0 aliphatic rings. The van der Waals surface area contributed by atoms with Gasteiger partial charge in [0.05, 0.1) is 16.6 Å². The summed E-state index contributed by atoms with van der Waals surface area (Å²) in [6.45, 7) is 0.833. The Morgan fingerprint density at radius 2 is 2.07 bits per heavy atom. The van der Waals surface area contributed by atoms with E-state index in [4.69, 9.17) is 28.9 Å². The molecule has 0 unspecified atom stereocenters. The van der Waals surface area contributed by atoms with Crippen LogP contribution in [-0.2, 0) is 11.3 Å². The van der Waals surface area contributed by atoms with Gasteiger partial charge in [-0.1, -0.05) is 29.3 Å². The Balaban J connectivity index is 2.64. The second kappa shape index (κ2) is 5.35. The molecule has 1 rings (SSSR count). The third kappa shape index (κ3) is 4.08. The largest absolute Gasteiger partial charge is 0.369 e. The van der Waals surface area contributed by atoms with E-state index in [1.54, 1.807) is 12.1 Å². The lowest BCUT2D eigenvalue weighted by molar-refractivity contribution is -0.118. The molecule has 5 heteroatoms. The predicted molar refractivity (Wildman–Crippen MR) is 62.0 cm³/mol. The Morgan fingerprint density at radius 3 is 2.60 bits per heavy atom. The maximum absolute atomic E-state index is 10.7. The second-order valence-corrected chi connectivity index (χ2v) is 4.20. The van der Waals surface area contributed by atoms with Crippen molar-refractivity contribution < 1.29 is 4.79 Å². The van der Waals surface area contributed by atoms with Crippen LogP contribution in [0.25, 0.3) is 0 Å². The number of hydrogen-bond acceptors (Lipinski definition) is 2. The van der Waals surface area contributed by atoms with E-state index >= 15 is 0 Å². The van der Waals surface area contributed by atoms with Gasteiger partial charge < -0.3 is 5.73 Å². The number of benzene rings is 1. The van der Waals surface area contributed by atoms with Gasteiger partial charge in [0.15, 0.2) is 0 Å². The summed E-state index contributed by atoms with van der Waals surface area (Å²) in [6.07, 6.45) is 0. The van der Waals surface area contributed by atoms with E-state index in [-0.39, 0.29) is 12.5 Å². The smallest absolute Gasteiger partial charge is 0.231 e. The number of halogens is 2. The van der Waals surface area contributed by atoms with Crippen molar-refractivity contribution in [3.8, 4) is 0 Å². The first-order valence-corrected chi connectivity index (χ1v) is 5.15. The Kier molecular flexibility index (Phi) is 4.39. The summed E-state index contributed by atoms with van der Waals surface area (Å²) in [4.78, 5) is 12.5. The molecule has 0 bridgehead atoms. The lowest BCUT2D eigenvalue weighted by atomic mass is 10.2. The number of nitrogens with zero attached hydrogens (tertiary/aromatic N) is 1. The fourth-order valence-corrected chi connectivity index (χ4v) is 1.59. The van der Waals surface area contributed by atoms with Crippen molar-refractivity contribution in [2.75, 3.05) is 13.6 Å². The fourth-order valence-electron chi connectivity index (χ4n) is 1.27. The van der Waals surface area contributed by atoms with E-state index in [1.165, 1.54) is 0 Å². The van der Waals surface area contributed by atoms with E-state index in [1.807, 2.05) is 18.0 Å². The summed E-state index contributed by atoms with van der Waals surface area (Å²) in [5.74, 6) is -0.349. The van der Waals surface area contributed by atoms with Gasteiger partial charge in [-0.05, 0) is 24.7 Å². The first kappa shape index (κ1) is 12.3. The summed E-state index contributed by atoms with van der Waals surface area (Å²) in [6, 6.07) is 5.38. The Labute approximate surface area is 98.8 Å². The summed E-state index contributed by atoms with van der Waals surface area (Å²) in [5, 5.41) is 1.04. The van der Waals surface area contributed by atoms with E-state index in [0.29, 0.717) is 16.6 Å². The molecule has 0 spiro atoms. The molecule has 2 N–H and O–H groups in total. The SMILES string of the molecule is CN(CC(N)=O)Cc1ccc(Cl)c(Cl)c1. The minimum Gasteiger partial charge on any atom is -0.369 e. The number of hydrogen-bond donors (Lipinski definition) is 1.